The molecular weight excluding hydrogens is 374 g/mol. The summed E-state index contributed by atoms with van der Waals surface area (Å²) >= 11 is 0. The maximum Gasteiger partial charge on any atom is 0.255 e. The van der Waals surface area contributed by atoms with E-state index in [-0.39, 0.29) is 5.91 Å². The Morgan fingerprint density at radius 3 is 2.53 bits per heavy atom. The Labute approximate surface area is 173 Å². The van der Waals surface area contributed by atoms with Crippen molar-refractivity contribution in [2.24, 2.45) is 0 Å². The van der Waals surface area contributed by atoms with Crippen molar-refractivity contribution in [3.63, 3.8) is 0 Å². The molecule has 1 amide bonds. The highest BCUT2D eigenvalue weighted by atomic mass is 16.1. The molecule has 0 radical (unpaired) electrons. The molecule has 0 aliphatic carbocycles. The van der Waals surface area contributed by atoms with Crippen molar-refractivity contribution in [3.05, 3.63) is 90.5 Å². The van der Waals surface area contributed by atoms with Gasteiger partial charge >= 0.3 is 0 Å². The maximum atomic E-state index is 12.8. The number of para-hydroxylation sites is 1. The van der Waals surface area contributed by atoms with Gasteiger partial charge in [-0.2, -0.15) is 5.10 Å². The number of hydrogen-bond donors (Lipinski definition) is 1. The van der Waals surface area contributed by atoms with Gasteiger partial charge in [-0.05, 0) is 48.9 Å². The fourth-order valence-electron chi connectivity index (χ4n) is 3.94. The highest BCUT2D eigenvalue weighted by Gasteiger charge is 2.11. The number of benzene rings is 3. The molecule has 2 heterocycles. The number of nitrogens with one attached hydrogen (secondary N) is 1. The van der Waals surface area contributed by atoms with Crippen LogP contribution in [0, 0.1) is 0 Å². The van der Waals surface area contributed by atoms with Gasteiger partial charge in [0.05, 0.1) is 6.54 Å². The zero-order valence-corrected chi connectivity index (χ0v) is 16.6. The van der Waals surface area contributed by atoms with Crippen LogP contribution in [0.5, 0.6) is 0 Å². The van der Waals surface area contributed by atoms with Gasteiger partial charge < -0.3 is 9.88 Å². The molecule has 6 heteroatoms. The molecule has 148 valence electrons. The van der Waals surface area contributed by atoms with Gasteiger partial charge in [0.15, 0.2) is 0 Å². The molecule has 0 aliphatic rings. The molecule has 0 fully saturated rings. The van der Waals surface area contributed by atoms with Gasteiger partial charge in [0, 0.05) is 39.6 Å². The second-order valence-corrected chi connectivity index (χ2v) is 7.24. The first-order valence-electron chi connectivity index (χ1n) is 9.96. The summed E-state index contributed by atoms with van der Waals surface area (Å²) in [7, 11) is 0. The Hall–Kier alpha value is -3.93. The van der Waals surface area contributed by atoms with Crippen molar-refractivity contribution in [2.75, 3.05) is 5.32 Å². The van der Waals surface area contributed by atoms with Crippen LogP contribution in [0.2, 0.25) is 0 Å². The van der Waals surface area contributed by atoms with Crippen LogP contribution >= 0.6 is 0 Å². The quantitative estimate of drug-likeness (QED) is 0.469. The molecule has 6 nitrogen and oxygen atoms in total. The first-order valence-corrected chi connectivity index (χ1v) is 9.96. The van der Waals surface area contributed by atoms with Gasteiger partial charge in [-0.1, -0.05) is 30.3 Å². The minimum absolute atomic E-state index is 0.124. The lowest BCUT2D eigenvalue weighted by Gasteiger charge is -2.08. The van der Waals surface area contributed by atoms with Gasteiger partial charge in [0.25, 0.3) is 5.91 Å². The van der Waals surface area contributed by atoms with E-state index in [2.05, 4.69) is 57.2 Å². The van der Waals surface area contributed by atoms with E-state index >= 15 is 0 Å². The maximum absolute atomic E-state index is 12.8. The Morgan fingerprint density at radius 1 is 0.967 bits per heavy atom. The first-order chi connectivity index (χ1) is 14.7. The van der Waals surface area contributed by atoms with Crippen LogP contribution in [0.3, 0.4) is 0 Å². The van der Waals surface area contributed by atoms with Crippen molar-refractivity contribution < 1.29 is 4.79 Å². The predicted octanol–water partition coefficient (Wildman–Crippen LogP) is 4.71. The van der Waals surface area contributed by atoms with Crippen LogP contribution in [0.4, 0.5) is 5.69 Å². The molecule has 0 saturated carbocycles. The molecular formula is C24H21N5O. The molecule has 30 heavy (non-hydrogen) atoms. The molecule has 3 aromatic carbocycles. The lowest BCUT2D eigenvalue weighted by molar-refractivity contribution is 0.102. The molecule has 0 aliphatic heterocycles. The molecule has 0 spiro atoms. The zero-order chi connectivity index (χ0) is 20.5. The number of aryl methyl sites for hydroxylation is 1. The Bertz CT molecular complexity index is 1330. The first kappa shape index (κ1) is 18.1. The van der Waals surface area contributed by atoms with Crippen molar-refractivity contribution in [1.29, 1.82) is 0 Å². The number of amides is 1. The molecule has 5 rings (SSSR count). The van der Waals surface area contributed by atoms with Crippen LogP contribution in [0.1, 0.15) is 22.8 Å². The van der Waals surface area contributed by atoms with Crippen molar-refractivity contribution in [2.45, 2.75) is 20.0 Å². The minimum atomic E-state index is -0.124. The number of fused-ring (bicyclic) bond motifs is 3. The van der Waals surface area contributed by atoms with E-state index in [1.807, 2.05) is 36.4 Å². The highest BCUT2D eigenvalue weighted by molar-refractivity contribution is 6.11. The minimum Gasteiger partial charge on any atom is -0.341 e. The number of anilines is 1. The van der Waals surface area contributed by atoms with E-state index in [0.717, 1.165) is 23.2 Å². The van der Waals surface area contributed by atoms with Crippen LogP contribution in [0.25, 0.3) is 21.8 Å². The normalized spacial score (nSPS) is 11.2. The van der Waals surface area contributed by atoms with Crippen LogP contribution in [-0.4, -0.2) is 25.2 Å². The smallest absolute Gasteiger partial charge is 0.255 e. The van der Waals surface area contributed by atoms with Crippen molar-refractivity contribution in [3.8, 4) is 0 Å². The molecule has 1 N–H and O–H groups in total. The Balaban J connectivity index is 1.40. The zero-order valence-electron chi connectivity index (χ0n) is 16.6. The molecule has 2 aromatic heterocycles. The summed E-state index contributed by atoms with van der Waals surface area (Å²) in [6.07, 6.45) is 3.18. The largest absolute Gasteiger partial charge is 0.341 e. The number of carbonyl (C=O) groups is 1. The van der Waals surface area contributed by atoms with E-state index in [1.165, 1.54) is 22.7 Å². The fourth-order valence-corrected chi connectivity index (χ4v) is 3.94. The third-order valence-electron chi connectivity index (χ3n) is 5.37. The fraction of sp³-hybridized carbons (Fsp3) is 0.125. The third-order valence-corrected chi connectivity index (χ3v) is 5.37. The van der Waals surface area contributed by atoms with E-state index < -0.39 is 0 Å². The molecule has 0 saturated heterocycles. The summed E-state index contributed by atoms with van der Waals surface area (Å²) < 4.78 is 4.04. The van der Waals surface area contributed by atoms with E-state index in [9.17, 15) is 4.79 Å². The summed E-state index contributed by atoms with van der Waals surface area (Å²) in [5.74, 6) is -0.124. The van der Waals surface area contributed by atoms with Crippen LogP contribution in [0.15, 0.2) is 79.4 Å². The van der Waals surface area contributed by atoms with E-state index in [0.29, 0.717) is 12.1 Å². The summed E-state index contributed by atoms with van der Waals surface area (Å²) in [6, 6.07) is 22.0. The lowest BCUT2D eigenvalue weighted by Crippen LogP contribution is -2.12. The van der Waals surface area contributed by atoms with Gasteiger partial charge in [-0.25, -0.2) is 9.67 Å². The second-order valence-electron chi connectivity index (χ2n) is 7.24. The number of nitrogens with zero attached hydrogens (tertiary/aromatic N) is 4. The SMILES string of the molecule is CCn1c2ccccc2c2cc(NC(=O)c3ccc(Cn4cncn4)cc3)ccc21. The summed E-state index contributed by atoms with van der Waals surface area (Å²) in [6.45, 7) is 3.67. The second kappa shape index (κ2) is 7.48. The average molecular weight is 395 g/mol. The average Bonchev–Trinajstić information content (AvgIpc) is 3.39. The number of carbonyl (C=O) groups excluding carboxylic acids is 1. The summed E-state index contributed by atoms with van der Waals surface area (Å²) in [5, 5.41) is 9.48. The number of aromatic nitrogens is 4. The van der Waals surface area contributed by atoms with Crippen LogP contribution in [-0.2, 0) is 13.1 Å². The highest BCUT2D eigenvalue weighted by Crippen LogP contribution is 2.31. The van der Waals surface area contributed by atoms with Gasteiger partial charge in [-0.3, -0.25) is 4.79 Å². The monoisotopic (exact) mass is 395 g/mol. The van der Waals surface area contributed by atoms with Crippen LogP contribution < -0.4 is 5.32 Å². The van der Waals surface area contributed by atoms with Gasteiger partial charge in [0.2, 0.25) is 0 Å². The van der Waals surface area contributed by atoms with Crippen molar-refractivity contribution in [1.82, 2.24) is 19.3 Å². The van der Waals surface area contributed by atoms with E-state index in [1.54, 1.807) is 11.0 Å². The third kappa shape index (κ3) is 3.22. The molecule has 0 bridgehead atoms. The van der Waals surface area contributed by atoms with Gasteiger partial charge in [0.1, 0.15) is 12.7 Å². The van der Waals surface area contributed by atoms with Crippen molar-refractivity contribution >= 4 is 33.4 Å². The Kier molecular flexibility index (Phi) is 4.52. The molecule has 5 aromatic rings. The van der Waals surface area contributed by atoms with E-state index in [4.69, 9.17) is 0 Å². The Morgan fingerprint density at radius 2 is 1.77 bits per heavy atom. The predicted molar refractivity (Wildman–Crippen MR) is 119 cm³/mol. The topological polar surface area (TPSA) is 64.7 Å². The molecule has 0 unspecified atom stereocenters. The van der Waals surface area contributed by atoms with Gasteiger partial charge in [-0.15, -0.1) is 0 Å². The number of hydrogen-bond acceptors (Lipinski definition) is 3. The summed E-state index contributed by atoms with van der Waals surface area (Å²) in [4.78, 5) is 16.7. The number of rotatable bonds is 5. The molecule has 0 atom stereocenters. The lowest BCUT2D eigenvalue weighted by atomic mass is 10.1. The summed E-state index contributed by atoms with van der Waals surface area (Å²) in [5.41, 5.74) is 4.85. The standard InChI is InChI=1S/C24H21N5O/c1-2-29-22-6-4-3-5-20(22)21-13-19(11-12-23(21)29)27-24(30)18-9-7-17(8-10-18)14-28-16-25-15-26-28/h3-13,15-16H,2,14H2,1H3,(H,27,30).